The maximum Gasteiger partial charge on any atom is 0.252 e. The van der Waals surface area contributed by atoms with Gasteiger partial charge in [0.2, 0.25) is 0 Å². The lowest BCUT2D eigenvalue weighted by Crippen LogP contribution is -2.27. The largest absolute Gasteiger partial charge is 0.343 e. The zero-order chi connectivity index (χ0) is 20.1. The average molecular weight is 438 g/mol. The summed E-state index contributed by atoms with van der Waals surface area (Å²) < 4.78 is 0. The van der Waals surface area contributed by atoms with Crippen LogP contribution in [-0.4, -0.2) is 15.9 Å². The fourth-order valence-corrected chi connectivity index (χ4v) is 5.46. The first kappa shape index (κ1) is 19.8. The van der Waals surface area contributed by atoms with Crippen molar-refractivity contribution in [2.45, 2.75) is 23.6 Å². The molecule has 4 aromatic rings. The molecule has 1 aromatic carbocycles. The third-order valence-electron chi connectivity index (χ3n) is 4.30. The van der Waals surface area contributed by atoms with Crippen LogP contribution in [-0.2, 0) is 5.75 Å². The van der Waals surface area contributed by atoms with Gasteiger partial charge in [0.25, 0.3) is 5.91 Å². The van der Waals surface area contributed by atoms with E-state index in [2.05, 4.69) is 27.8 Å². The summed E-state index contributed by atoms with van der Waals surface area (Å²) in [5, 5.41) is 8.07. The zero-order valence-corrected chi connectivity index (χ0v) is 18.2. The second-order valence-corrected chi connectivity index (χ2v) is 9.31. The van der Waals surface area contributed by atoms with Gasteiger partial charge in [0, 0.05) is 38.9 Å². The molecule has 1 amide bonds. The van der Waals surface area contributed by atoms with Gasteiger partial charge >= 0.3 is 0 Å². The van der Waals surface area contributed by atoms with Gasteiger partial charge < -0.3 is 5.32 Å². The highest BCUT2D eigenvalue weighted by Crippen LogP contribution is 2.29. The Bertz CT molecular complexity index is 1080. The number of nitrogens with one attached hydrogen (secondary N) is 1. The van der Waals surface area contributed by atoms with E-state index in [1.54, 1.807) is 46.8 Å². The monoisotopic (exact) mass is 437 g/mol. The summed E-state index contributed by atoms with van der Waals surface area (Å²) in [4.78, 5) is 24.0. The van der Waals surface area contributed by atoms with Gasteiger partial charge in [-0.2, -0.15) is 0 Å². The number of thiophene rings is 1. The predicted molar refractivity (Wildman–Crippen MR) is 122 cm³/mol. The maximum absolute atomic E-state index is 12.9. The number of hydrogen-bond acceptors (Lipinski definition) is 6. The topological polar surface area (TPSA) is 54.9 Å². The van der Waals surface area contributed by atoms with E-state index in [9.17, 15) is 4.79 Å². The lowest BCUT2D eigenvalue weighted by atomic mass is 10.2. The van der Waals surface area contributed by atoms with Crippen molar-refractivity contribution in [2.24, 2.45) is 0 Å². The molecule has 3 aromatic heterocycles. The second-order valence-electron chi connectivity index (χ2n) is 6.37. The maximum atomic E-state index is 12.9. The SMILES string of the molecule is CC(NC(=O)c1ccccc1SCc1cccs1)c1nc(-c2ccncc2)cs1. The fraction of sp³-hybridized carbons (Fsp3) is 0.136. The van der Waals surface area contributed by atoms with Gasteiger partial charge in [0.1, 0.15) is 5.01 Å². The summed E-state index contributed by atoms with van der Waals surface area (Å²) >= 11 is 4.97. The van der Waals surface area contributed by atoms with Crippen molar-refractivity contribution in [2.75, 3.05) is 0 Å². The van der Waals surface area contributed by atoms with Gasteiger partial charge in [0.05, 0.1) is 17.3 Å². The third kappa shape index (κ3) is 4.93. The smallest absolute Gasteiger partial charge is 0.252 e. The van der Waals surface area contributed by atoms with Gasteiger partial charge in [0.15, 0.2) is 0 Å². The van der Waals surface area contributed by atoms with Crippen molar-refractivity contribution < 1.29 is 4.79 Å². The van der Waals surface area contributed by atoms with Crippen molar-refractivity contribution >= 4 is 40.3 Å². The number of amides is 1. The van der Waals surface area contributed by atoms with E-state index >= 15 is 0 Å². The summed E-state index contributed by atoms with van der Waals surface area (Å²) in [5.41, 5.74) is 2.63. The molecule has 1 atom stereocenters. The second kappa shape index (κ2) is 9.35. The molecule has 0 saturated carbocycles. The molecular formula is C22H19N3OS3. The van der Waals surface area contributed by atoms with Crippen molar-refractivity contribution in [1.82, 2.24) is 15.3 Å². The highest BCUT2D eigenvalue weighted by molar-refractivity contribution is 7.98. The van der Waals surface area contributed by atoms with Gasteiger partial charge in [-0.25, -0.2) is 4.98 Å². The summed E-state index contributed by atoms with van der Waals surface area (Å²) in [5.74, 6) is 0.784. The molecule has 0 radical (unpaired) electrons. The van der Waals surface area contributed by atoms with Crippen LogP contribution in [0.25, 0.3) is 11.3 Å². The van der Waals surface area contributed by atoms with E-state index in [1.807, 2.05) is 48.7 Å². The quantitative estimate of drug-likeness (QED) is 0.358. The Balaban J connectivity index is 1.45. The summed E-state index contributed by atoms with van der Waals surface area (Å²) in [6.07, 6.45) is 3.51. The minimum absolute atomic E-state index is 0.0764. The third-order valence-corrected chi connectivity index (χ3v) is 7.51. The van der Waals surface area contributed by atoms with Crippen LogP contribution in [0.15, 0.2) is 76.6 Å². The number of pyridine rings is 1. The number of nitrogens with zero attached hydrogens (tertiary/aromatic N) is 2. The molecule has 0 aliphatic heterocycles. The molecule has 0 spiro atoms. The van der Waals surface area contributed by atoms with Crippen LogP contribution >= 0.6 is 34.4 Å². The Hall–Kier alpha value is -2.48. The van der Waals surface area contributed by atoms with Gasteiger partial charge in [-0.1, -0.05) is 18.2 Å². The molecule has 4 nitrogen and oxygen atoms in total. The Morgan fingerprint density at radius 3 is 2.72 bits per heavy atom. The van der Waals surface area contributed by atoms with Crippen molar-refractivity contribution in [3.63, 3.8) is 0 Å². The number of thioether (sulfide) groups is 1. The van der Waals surface area contributed by atoms with Gasteiger partial charge in [-0.15, -0.1) is 34.4 Å². The van der Waals surface area contributed by atoms with E-state index < -0.39 is 0 Å². The van der Waals surface area contributed by atoms with Gasteiger partial charge in [-0.3, -0.25) is 9.78 Å². The van der Waals surface area contributed by atoms with Crippen LogP contribution in [0.1, 0.15) is 33.2 Å². The molecule has 7 heteroatoms. The van der Waals surface area contributed by atoms with E-state index in [0.29, 0.717) is 5.56 Å². The zero-order valence-electron chi connectivity index (χ0n) is 15.7. The number of carbonyl (C=O) groups is 1. The molecule has 1 N–H and O–H groups in total. The molecule has 4 rings (SSSR count). The Labute approximate surface area is 182 Å². The standard InChI is InChI=1S/C22H19N3OS3/c1-15(22-25-19(14-29-22)16-8-10-23-11-9-16)24-21(26)18-6-2-3-7-20(18)28-13-17-5-4-12-27-17/h2-12,14-15H,13H2,1H3,(H,24,26). The average Bonchev–Trinajstić information content (AvgIpc) is 3.45. The minimum atomic E-state index is -0.168. The van der Waals surface area contributed by atoms with Gasteiger partial charge in [-0.05, 0) is 42.6 Å². The number of aromatic nitrogens is 2. The first-order valence-electron chi connectivity index (χ1n) is 9.11. The molecule has 0 aliphatic carbocycles. The first-order chi connectivity index (χ1) is 14.2. The van der Waals surface area contributed by atoms with Crippen LogP contribution in [0.2, 0.25) is 0 Å². The Morgan fingerprint density at radius 2 is 1.93 bits per heavy atom. The van der Waals surface area contributed by atoms with E-state index in [-0.39, 0.29) is 11.9 Å². The fourth-order valence-electron chi connectivity index (χ4n) is 2.80. The molecule has 0 bridgehead atoms. The van der Waals surface area contributed by atoms with E-state index in [1.165, 1.54) is 4.88 Å². The predicted octanol–water partition coefficient (Wildman–Crippen LogP) is 6.05. The Kier molecular flexibility index (Phi) is 6.39. The number of thiazole rings is 1. The molecule has 1 unspecified atom stereocenters. The molecular weight excluding hydrogens is 418 g/mol. The molecule has 0 saturated heterocycles. The van der Waals surface area contributed by atoms with Crippen LogP contribution < -0.4 is 5.32 Å². The summed E-state index contributed by atoms with van der Waals surface area (Å²) in [6.45, 7) is 1.97. The van der Waals surface area contributed by atoms with Crippen LogP contribution in [0.3, 0.4) is 0 Å². The first-order valence-corrected chi connectivity index (χ1v) is 11.9. The van der Waals surface area contributed by atoms with Crippen LogP contribution in [0, 0.1) is 0 Å². The number of rotatable bonds is 7. The lowest BCUT2D eigenvalue weighted by Gasteiger charge is -2.13. The summed E-state index contributed by atoms with van der Waals surface area (Å²) in [6, 6.07) is 15.6. The molecule has 0 fully saturated rings. The normalized spacial score (nSPS) is 11.9. The van der Waals surface area contributed by atoms with Crippen molar-refractivity contribution in [3.05, 3.63) is 87.1 Å². The number of carbonyl (C=O) groups excluding carboxylic acids is 1. The number of benzene rings is 1. The molecule has 0 aliphatic rings. The highest BCUT2D eigenvalue weighted by atomic mass is 32.2. The molecule has 146 valence electrons. The van der Waals surface area contributed by atoms with E-state index in [0.717, 1.165) is 26.9 Å². The molecule has 3 heterocycles. The highest BCUT2D eigenvalue weighted by Gasteiger charge is 2.17. The summed E-state index contributed by atoms with van der Waals surface area (Å²) in [7, 11) is 0. The van der Waals surface area contributed by atoms with Crippen LogP contribution in [0.5, 0.6) is 0 Å². The van der Waals surface area contributed by atoms with Crippen LogP contribution in [0.4, 0.5) is 0 Å². The minimum Gasteiger partial charge on any atom is -0.343 e. The number of hydrogen-bond donors (Lipinski definition) is 1. The molecule has 29 heavy (non-hydrogen) atoms. The van der Waals surface area contributed by atoms with E-state index in [4.69, 9.17) is 4.98 Å². The Morgan fingerprint density at radius 1 is 1.10 bits per heavy atom. The van der Waals surface area contributed by atoms with Crippen molar-refractivity contribution in [1.29, 1.82) is 0 Å². The van der Waals surface area contributed by atoms with Crippen molar-refractivity contribution in [3.8, 4) is 11.3 Å². The lowest BCUT2D eigenvalue weighted by molar-refractivity contribution is 0.0937.